The third-order valence-corrected chi connectivity index (χ3v) is 2.31. The van der Waals surface area contributed by atoms with Crippen molar-refractivity contribution in [3.63, 3.8) is 0 Å². The highest BCUT2D eigenvalue weighted by molar-refractivity contribution is 4.91. The third-order valence-electron chi connectivity index (χ3n) is 2.31. The second kappa shape index (κ2) is 5.67. The van der Waals surface area contributed by atoms with Gasteiger partial charge in [-0.05, 0) is 24.3 Å². The van der Waals surface area contributed by atoms with Gasteiger partial charge in [-0.1, -0.05) is 36.5 Å². The molecule has 0 unspecified atom stereocenters. The lowest BCUT2D eigenvalue weighted by atomic mass is 9.89. The van der Waals surface area contributed by atoms with Crippen molar-refractivity contribution in [3.8, 4) is 0 Å². The molecule has 0 spiro atoms. The molecule has 0 N–H and O–H groups in total. The Morgan fingerprint density at radius 3 is 2.75 bits per heavy atom. The summed E-state index contributed by atoms with van der Waals surface area (Å²) >= 11 is 0. The molecule has 0 bridgehead atoms. The molecule has 1 fully saturated rings. The highest BCUT2D eigenvalue weighted by Crippen LogP contribution is 2.24. The first-order chi connectivity index (χ1) is 5.93. The van der Waals surface area contributed by atoms with Crippen LogP contribution < -0.4 is 0 Å². The molecule has 0 aromatic carbocycles. The van der Waals surface area contributed by atoms with Gasteiger partial charge in [0.05, 0.1) is 0 Å². The molecular weight excluding hydrogens is 150 g/mol. The van der Waals surface area contributed by atoms with Crippen LogP contribution in [-0.2, 0) is 0 Å². The predicted molar refractivity (Wildman–Crippen MR) is 49.7 cm³/mol. The normalized spacial score (nSPS) is 19.3. The number of azide groups is 1. The van der Waals surface area contributed by atoms with Crippen molar-refractivity contribution in [1.29, 1.82) is 0 Å². The molecule has 12 heavy (non-hydrogen) atoms. The van der Waals surface area contributed by atoms with Crippen molar-refractivity contribution in [2.75, 3.05) is 6.54 Å². The summed E-state index contributed by atoms with van der Waals surface area (Å²) in [5.74, 6) is 0.743. The predicted octanol–water partition coefficient (Wildman–Crippen LogP) is 3.43. The summed E-state index contributed by atoms with van der Waals surface area (Å²) in [6, 6.07) is 0. The summed E-state index contributed by atoms with van der Waals surface area (Å²) < 4.78 is 0. The molecule has 66 valence electrons. The first-order valence-corrected chi connectivity index (χ1v) is 4.61. The molecule has 3 heteroatoms. The zero-order valence-corrected chi connectivity index (χ0v) is 7.32. The Bertz CT molecular complexity index is 186. The minimum absolute atomic E-state index is 0.507. The van der Waals surface area contributed by atoms with Crippen molar-refractivity contribution in [3.05, 3.63) is 22.6 Å². The van der Waals surface area contributed by atoms with E-state index in [0.29, 0.717) is 6.54 Å². The average molecular weight is 165 g/mol. The molecule has 0 atom stereocenters. The van der Waals surface area contributed by atoms with Crippen LogP contribution in [0.1, 0.15) is 32.1 Å². The van der Waals surface area contributed by atoms with Gasteiger partial charge in [0.1, 0.15) is 0 Å². The quantitative estimate of drug-likeness (QED) is 0.266. The Balaban J connectivity index is 2.19. The van der Waals surface area contributed by atoms with Crippen LogP contribution in [0.2, 0.25) is 0 Å². The lowest BCUT2D eigenvalue weighted by Gasteiger charge is -2.17. The van der Waals surface area contributed by atoms with E-state index >= 15 is 0 Å². The number of hydrogen-bond acceptors (Lipinski definition) is 1. The topological polar surface area (TPSA) is 48.8 Å². The van der Waals surface area contributed by atoms with Crippen LogP contribution in [0.15, 0.2) is 17.3 Å². The Hall–Kier alpha value is -0.950. The summed E-state index contributed by atoms with van der Waals surface area (Å²) in [5.41, 5.74) is 8.03. The van der Waals surface area contributed by atoms with E-state index in [1.54, 1.807) is 0 Å². The second-order valence-electron chi connectivity index (χ2n) is 3.24. The SMILES string of the molecule is [N-]=[N+]=NC/C=C\C1CCCCC1. The lowest BCUT2D eigenvalue weighted by molar-refractivity contribution is 0.419. The van der Waals surface area contributed by atoms with E-state index in [9.17, 15) is 0 Å². The van der Waals surface area contributed by atoms with E-state index in [-0.39, 0.29) is 0 Å². The van der Waals surface area contributed by atoms with Crippen molar-refractivity contribution in [2.45, 2.75) is 32.1 Å². The standard InChI is InChI=1S/C9H15N3/c10-12-11-8-4-7-9-5-2-1-3-6-9/h4,7,9H,1-3,5-6,8H2/b7-4-. The number of rotatable bonds is 3. The van der Waals surface area contributed by atoms with Gasteiger partial charge in [-0.15, -0.1) is 0 Å². The van der Waals surface area contributed by atoms with Gasteiger partial charge in [0.2, 0.25) is 0 Å². The minimum atomic E-state index is 0.507. The monoisotopic (exact) mass is 165 g/mol. The Morgan fingerprint density at radius 2 is 2.08 bits per heavy atom. The van der Waals surface area contributed by atoms with Crippen molar-refractivity contribution in [2.24, 2.45) is 11.0 Å². The largest absolute Gasteiger partial charge is 0.0899 e. The van der Waals surface area contributed by atoms with Gasteiger partial charge in [0, 0.05) is 11.5 Å². The maximum atomic E-state index is 8.03. The molecule has 0 heterocycles. The van der Waals surface area contributed by atoms with E-state index in [2.05, 4.69) is 16.1 Å². The van der Waals surface area contributed by atoms with Gasteiger partial charge in [-0.2, -0.15) is 0 Å². The fourth-order valence-corrected chi connectivity index (χ4v) is 1.66. The molecule has 0 aliphatic heterocycles. The lowest BCUT2D eigenvalue weighted by Crippen LogP contribution is -2.02. The molecule has 1 saturated carbocycles. The van der Waals surface area contributed by atoms with E-state index in [1.807, 2.05) is 6.08 Å². The zero-order valence-electron chi connectivity index (χ0n) is 7.32. The second-order valence-corrected chi connectivity index (χ2v) is 3.24. The van der Waals surface area contributed by atoms with Crippen LogP contribution in [0.3, 0.4) is 0 Å². The summed E-state index contributed by atoms with van der Waals surface area (Å²) in [7, 11) is 0. The molecule has 1 rings (SSSR count). The van der Waals surface area contributed by atoms with Crippen LogP contribution in [-0.4, -0.2) is 6.54 Å². The third kappa shape index (κ3) is 3.44. The van der Waals surface area contributed by atoms with Crippen LogP contribution in [0.25, 0.3) is 10.4 Å². The van der Waals surface area contributed by atoms with Gasteiger partial charge >= 0.3 is 0 Å². The van der Waals surface area contributed by atoms with Gasteiger partial charge in [0.15, 0.2) is 0 Å². The van der Waals surface area contributed by atoms with Crippen LogP contribution in [0.5, 0.6) is 0 Å². The molecule has 1 aliphatic rings. The molecule has 0 aromatic heterocycles. The fraction of sp³-hybridized carbons (Fsp3) is 0.778. The fourth-order valence-electron chi connectivity index (χ4n) is 1.66. The van der Waals surface area contributed by atoms with Gasteiger partial charge in [-0.3, -0.25) is 0 Å². The van der Waals surface area contributed by atoms with Crippen LogP contribution >= 0.6 is 0 Å². The molecule has 0 aromatic rings. The number of hydrogen-bond donors (Lipinski definition) is 0. The highest BCUT2D eigenvalue weighted by Gasteiger charge is 2.08. The van der Waals surface area contributed by atoms with Gasteiger partial charge in [0.25, 0.3) is 0 Å². The molecule has 0 radical (unpaired) electrons. The first kappa shape index (κ1) is 9.14. The molecule has 0 saturated heterocycles. The summed E-state index contributed by atoms with van der Waals surface area (Å²) in [6.07, 6.45) is 10.9. The summed E-state index contributed by atoms with van der Waals surface area (Å²) in [5, 5.41) is 3.45. The maximum Gasteiger partial charge on any atom is 0.0440 e. The molecular formula is C9H15N3. The van der Waals surface area contributed by atoms with Crippen LogP contribution in [0, 0.1) is 5.92 Å². The molecule has 0 amide bonds. The Morgan fingerprint density at radius 1 is 1.33 bits per heavy atom. The van der Waals surface area contributed by atoms with E-state index < -0.39 is 0 Å². The van der Waals surface area contributed by atoms with E-state index in [0.717, 1.165) is 5.92 Å². The first-order valence-electron chi connectivity index (χ1n) is 4.61. The summed E-state index contributed by atoms with van der Waals surface area (Å²) in [6.45, 7) is 0.507. The Kier molecular flexibility index (Phi) is 4.32. The van der Waals surface area contributed by atoms with Crippen molar-refractivity contribution < 1.29 is 0 Å². The minimum Gasteiger partial charge on any atom is -0.0899 e. The van der Waals surface area contributed by atoms with E-state index in [1.165, 1.54) is 32.1 Å². The van der Waals surface area contributed by atoms with Gasteiger partial charge in [-0.25, -0.2) is 0 Å². The van der Waals surface area contributed by atoms with E-state index in [4.69, 9.17) is 5.53 Å². The smallest absolute Gasteiger partial charge is 0.0440 e. The van der Waals surface area contributed by atoms with Crippen LogP contribution in [0.4, 0.5) is 0 Å². The average Bonchev–Trinajstić information content (AvgIpc) is 2.14. The zero-order chi connectivity index (χ0) is 8.65. The highest BCUT2D eigenvalue weighted by atomic mass is 15.1. The van der Waals surface area contributed by atoms with Crippen molar-refractivity contribution >= 4 is 0 Å². The number of nitrogens with zero attached hydrogens (tertiary/aromatic N) is 3. The van der Waals surface area contributed by atoms with Crippen molar-refractivity contribution in [1.82, 2.24) is 0 Å². The summed E-state index contributed by atoms with van der Waals surface area (Å²) in [4.78, 5) is 2.69. The number of allylic oxidation sites excluding steroid dienone is 1. The Labute approximate surface area is 73.1 Å². The molecule has 3 nitrogen and oxygen atoms in total. The molecule has 1 aliphatic carbocycles. The maximum absolute atomic E-state index is 8.03. The van der Waals surface area contributed by atoms with Gasteiger partial charge < -0.3 is 0 Å².